The topological polar surface area (TPSA) is 271 Å². The van der Waals surface area contributed by atoms with Gasteiger partial charge in [-0.25, -0.2) is 4.79 Å². The molecule has 1 aliphatic heterocycles. The fourth-order valence-corrected chi connectivity index (χ4v) is 3.57. The van der Waals surface area contributed by atoms with E-state index >= 15 is 0 Å². The molecule has 1 fully saturated rings. The van der Waals surface area contributed by atoms with Crippen molar-refractivity contribution in [3.63, 3.8) is 0 Å². The number of carboxylic acids is 1. The normalized spacial score (nSPS) is 17.6. The number of rotatable bonds is 15. The maximum atomic E-state index is 13.2. The van der Waals surface area contributed by atoms with Crippen molar-refractivity contribution < 1.29 is 38.7 Å². The second kappa shape index (κ2) is 13.8. The van der Waals surface area contributed by atoms with Gasteiger partial charge in [0.1, 0.15) is 18.1 Å². The zero-order valence-corrected chi connectivity index (χ0v) is 19.2. The lowest BCUT2D eigenvalue weighted by Crippen LogP contribution is -2.57. The molecule has 0 bridgehead atoms. The van der Waals surface area contributed by atoms with E-state index in [9.17, 15) is 38.7 Å². The molecule has 4 atom stereocenters. The summed E-state index contributed by atoms with van der Waals surface area (Å²) in [5, 5.41) is 14.1. The number of carbonyl (C=O) groups is 7. The monoisotopic (exact) mass is 499 g/mol. The van der Waals surface area contributed by atoms with Crippen LogP contribution < -0.4 is 33.6 Å². The third kappa shape index (κ3) is 9.95. The standard InChI is InChI=1S/C20H33N7O8/c21-10(3-6-14(22)28)17(31)25-11(4-7-15(23)29)19(33)27-9-1-2-13(27)18(32)26-12(20(34)35)5-8-16(24)30/h10-13H,1-9,21H2,(H2,22,28)(H2,23,29)(H2,24,30)(H,25,31)(H,26,32)(H,34,35)/t10-,11-,12-,13-/m0/s1. The molecule has 0 aromatic heterocycles. The minimum atomic E-state index is -1.39. The minimum absolute atomic E-state index is 0.0610. The largest absolute Gasteiger partial charge is 0.480 e. The number of primary amides is 3. The average Bonchev–Trinajstić information content (AvgIpc) is 3.26. The Morgan fingerprint density at radius 2 is 1.34 bits per heavy atom. The first-order chi connectivity index (χ1) is 16.3. The molecule has 0 aliphatic carbocycles. The molecular formula is C20H33N7O8. The Balaban J connectivity index is 2.95. The van der Waals surface area contributed by atoms with E-state index in [1.165, 1.54) is 4.90 Å². The second-order valence-electron chi connectivity index (χ2n) is 8.27. The molecule has 15 heteroatoms. The fraction of sp³-hybridized carbons (Fsp3) is 0.650. The van der Waals surface area contributed by atoms with Crippen LogP contribution in [0.4, 0.5) is 0 Å². The maximum Gasteiger partial charge on any atom is 0.326 e. The smallest absolute Gasteiger partial charge is 0.326 e. The van der Waals surface area contributed by atoms with Crippen LogP contribution in [0.5, 0.6) is 0 Å². The van der Waals surface area contributed by atoms with Crippen molar-refractivity contribution in [3.8, 4) is 0 Å². The van der Waals surface area contributed by atoms with Gasteiger partial charge in [0.05, 0.1) is 6.04 Å². The van der Waals surface area contributed by atoms with Crippen LogP contribution in [0.3, 0.4) is 0 Å². The van der Waals surface area contributed by atoms with Crippen LogP contribution in [0.15, 0.2) is 0 Å². The van der Waals surface area contributed by atoms with Crippen LogP contribution in [0.25, 0.3) is 0 Å². The number of hydrogen-bond donors (Lipinski definition) is 7. The lowest BCUT2D eigenvalue weighted by molar-refractivity contribution is -0.145. The van der Waals surface area contributed by atoms with Gasteiger partial charge in [0, 0.05) is 25.8 Å². The van der Waals surface area contributed by atoms with Crippen molar-refractivity contribution in [1.29, 1.82) is 0 Å². The van der Waals surface area contributed by atoms with Gasteiger partial charge < -0.3 is 43.6 Å². The molecular weight excluding hydrogens is 466 g/mol. The fourth-order valence-electron chi connectivity index (χ4n) is 3.57. The quantitative estimate of drug-likeness (QED) is 0.116. The number of nitrogens with one attached hydrogen (secondary N) is 2. The highest BCUT2D eigenvalue weighted by molar-refractivity contribution is 5.95. The number of carbonyl (C=O) groups excluding carboxylic acids is 6. The summed E-state index contributed by atoms with van der Waals surface area (Å²) in [6.45, 7) is 0.145. The molecule has 0 saturated carbocycles. The van der Waals surface area contributed by atoms with Crippen molar-refractivity contribution in [2.45, 2.75) is 75.5 Å². The highest BCUT2D eigenvalue weighted by Crippen LogP contribution is 2.20. The highest BCUT2D eigenvalue weighted by atomic mass is 16.4. The van der Waals surface area contributed by atoms with E-state index in [2.05, 4.69) is 10.6 Å². The van der Waals surface area contributed by atoms with E-state index in [4.69, 9.17) is 22.9 Å². The first kappa shape index (κ1) is 29.3. The van der Waals surface area contributed by atoms with Crippen LogP contribution in [-0.4, -0.2) is 82.1 Å². The second-order valence-corrected chi connectivity index (χ2v) is 8.27. The van der Waals surface area contributed by atoms with Crippen LogP contribution in [0.1, 0.15) is 51.4 Å². The Morgan fingerprint density at radius 3 is 1.86 bits per heavy atom. The van der Waals surface area contributed by atoms with Crippen molar-refractivity contribution in [3.05, 3.63) is 0 Å². The van der Waals surface area contributed by atoms with E-state index < -0.39 is 65.6 Å². The molecule has 6 amide bonds. The third-order valence-electron chi connectivity index (χ3n) is 5.47. The van der Waals surface area contributed by atoms with Gasteiger partial charge in [-0.1, -0.05) is 0 Å². The zero-order valence-electron chi connectivity index (χ0n) is 19.2. The summed E-state index contributed by atoms with van der Waals surface area (Å²) in [4.78, 5) is 84.2. The van der Waals surface area contributed by atoms with Crippen molar-refractivity contribution >= 4 is 41.4 Å². The van der Waals surface area contributed by atoms with Crippen LogP contribution >= 0.6 is 0 Å². The molecule has 0 spiro atoms. The Kier molecular flexibility index (Phi) is 11.6. The van der Waals surface area contributed by atoms with Crippen molar-refractivity contribution in [1.82, 2.24) is 15.5 Å². The summed E-state index contributed by atoms with van der Waals surface area (Å²) in [6, 6.07) is -4.81. The Labute approximate surface area is 201 Å². The number of hydrogen-bond acceptors (Lipinski definition) is 8. The molecule has 35 heavy (non-hydrogen) atoms. The van der Waals surface area contributed by atoms with Gasteiger partial charge >= 0.3 is 5.97 Å². The number of amides is 6. The predicted molar refractivity (Wildman–Crippen MR) is 119 cm³/mol. The molecule has 1 aliphatic rings. The molecule has 11 N–H and O–H groups in total. The molecule has 0 aromatic carbocycles. The van der Waals surface area contributed by atoms with E-state index in [0.717, 1.165) is 0 Å². The molecule has 196 valence electrons. The Hall–Kier alpha value is -3.75. The SMILES string of the molecule is NC(=O)CC[C@H](NC(=O)[C@@H]1CCCN1C(=O)[C@H](CCC(N)=O)NC(=O)[C@@H](N)CCC(N)=O)C(=O)O. The molecule has 1 rings (SSSR count). The Morgan fingerprint density at radius 1 is 0.829 bits per heavy atom. The van der Waals surface area contributed by atoms with Gasteiger partial charge in [-0.2, -0.15) is 0 Å². The summed E-state index contributed by atoms with van der Waals surface area (Å²) >= 11 is 0. The molecule has 1 heterocycles. The van der Waals surface area contributed by atoms with Crippen LogP contribution in [0.2, 0.25) is 0 Å². The molecule has 0 unspecified atom stereocenters. The highest BCUT2D eigenvalue weighted by Gasteiger charge is 2.39. The van der Waals surface area contributed by atoms with Gasteiger partial charge in [-0.15, -0.1) is 0 Å². The van der Waals surface area contributed by atoms with Crippen LogP contribution in [-0.2, 0) is 33.6 Å². The molecule has 1 saturated heterocycles. The van der Waals surface area contributed by atoms with Gasteiger partial charge in [0.2, 0.25) is 35.4 Å². The lowest BCUT2D eigenvalue weighted by Gasteiger charge is -2.30. The number of aliphatic carboxylic acids is 1. The number of nitrogens with two attached hydrogens (primary N) is 4. The van der Waals surface area contributed by atoms with E-state index in [1.807, 2.05) is 0 Å². The maximum absolute atomic E-state index is 13.2. The summed E-state index contributed by atoms with van der Waals surface area (Å²) in [7, 11) is 0. The van der Waals surface area contributed by atoms with Crippen molar-refractivity contribution in [2.24, 2.45) is 22.9 Å². The Bertz CT molecular complexity index is 849. The summed E-state index contributed by atoms with van der Waals surface area (Å²) in [5.41, 5.74) is 21.0. The summed E-state index contributed by atoms with van der Waals surface area (Å²) in [5.74, 6) is -5.65. The third-order valence-corrected chi connectivity index (χ3v) is 5.47. The first-order valence-electron chi connectivity index (χ1n) is 11.1. The predicted octanol–water partition coefficient (Wildman–Crippen LogP) is -3.84. The van der Waals surface area contributed by atoms with Gasteiger partial charge in [-0.05, 0) is 32.1 Å². The lowest BCUT2D eigenvalue weighted by atomic mass is 10.1. The van der Waals surface area contributed by atoms with Gasteiger partial charge in [0.15, 0.2) is 0 Å². The van der Waals surface area contributed by atoms with Crippen molar-refractivity contribution in [2.75, 3.05) is 6.54 Å². The molecule has 0 radical (unpaired) electrons. The number of likely N-dealkylation sites (tertiary alicyclic amines) is 1. The van der Waals surface area contributed by atoms with Crippen LogP contribution in [0, 0.1) is 0 Å². The first-order valence-corrected chi connectivity index (χ1v) is 11.1. The summed E-state index contributed by atoms with van der Waals surface area (Å²) < 4.78 is 0. The molecule has 15 nitrogen and oxygen atoms in total. The average molecular weight is 500 g/mol. The molecule has 0 aromatic rings. The summed E-state index contributed by atoms with van der Waals surface area (Å²) in [6.07, 6.45) is -0.446. The van der Waals surface area contributed by atoms with E-state index in [1.54, 1.807) is 0 Å². The van der Waals surface area contributed by atoms with E-state index in [-0.39, 0.29) is 51.5 Å². The number of nitrogens with zero attached hydrogens (tertiary/aromatic N) is 1. The van der Waals surface area contributed by atoms with Gasteiger partial charge in [-0.3, -0.25) is 28.8 Å². The minimum Gasteiger partial charge on any atom is -0.480 e. The van der Waals surface area contributed by atoms with Gasteiger partial charge in [0.25, 0.3) is 0 Å². The zero-order chi connectivity index (χ0) is 26.7. The number of carboxylic acid groups (broad SMARTS) is 1. The van der Waals surface area contributed by atoms with E-state index in [0.29, 0.717) is 6.42 Å².